The lowest BCUT2D eigenvalue weighted by molar-refractivity contribution is 1.59. The van der Waals surface area contributed by atoms with Gasteiger partial charge in [-0.15, -0.1) is 0 Å². The van der Waals surface area contributed by atoms with Crippen LogP contribution in [0.5, 0.6) is 0 Å². The van der Waals surface area contributed by atoms with E-state index in [0.717, 1.165) is 5.56 Å². The first-order valence-corrected chi connectivity index (χ1v) is 7.16. The first-order valence-electron chi connectivity index (χ1n) is 7.16. The van der Waals surface area contributed by atoms with Gasteiger partial charge in [-0.25, -0.2) is 0 Å². The number of benzene rings is 4. The summed E-state index contributed by atoms with van der Waals surface area (Å²) in [5, 5.41) is 5.16. The molecule has 21 heavy (non-hydrogen) atoms. The molecule has 0 aliphatic heterocycles. The van der Waals surface area contributed by atoms with Crippen molar-refractivity contribution in [3.8, 4) is 11.1 Å². The minimum absolute atomic E-state index is 1.07. The van der Waals surface area contributed by atoms with Crippen molar-refractivity contribution >= 4 is 21.5 Å². The van der Waals surface area contributed by atoms with E-state index in [0.29, 0.717) is 0 Å². The van der Waals surface area contributed by atoms with Gasteiger partial charge >= 0.3 is 0 Å². The van der Waals surface area contributed by atoms with Gasteiger partial charge in [0.05, 0.1) is 0 Å². The summed E-state index contributed by atoms with van der Waals surface area (Å²) < 4.78 is 0. The van der Waals surface area contributed by atoms with Crippen LogP contribution in [0, 0.1) is 6.92 Å². The maximum atomic E-state index is 4.18. The van der Waals surface area contributed by atoms with E-state index in [4.69, 9.17) is 0 Å². The van der Waals surface area contributed by atoms with Crippen LogP contribution in [-0.4, -0.2) is 0 Å². The van der Waals surface area contributed by atoms with E-state index in [1.807, 2.05) is 6.07 Å². The summed E-state index contributed by atoms with van der Waals surface area (Å²) in [6.45, 7) is 4.18. The van der Waals surface area contributed by atoms with Crippen LogP contribution < -0.4 is 0 Å². The topological polar surface area (TPSA) is 0 Å². The van der Waals surface area contributed by atoms with Crippen molar-refractivity contribution in [1.29, 1.82) is 0 Å². The van der Waals surface area contributed by atoms with Crippen molar-refractivity contribution in [2.75, 3.05) is 0 Å². The van der Waals surface area contributed by atoms with Crippen molar-refractivity contribution in [2.45, 2.75) is 0 Å². The van der Waals surface area contributed by atoms with Gasteiger partial charge in [0.2, 0.25) is 0 Å². The highest BCUT2D eigenvalue weighted by Gasteiger charge is 2.09. The van der Waals surface area contributed by atoms with Crippen LogP contribution in [0.1, 0.15) is 5.56 Å². The van der Waals surface area contributed by atoms with Crippen LogP contribution in [0.3, 0.4) is 0 Å². The Balaban J connectivity index is 2.20. The van der Waals surface area contributed by atoms with Crippen LogP contribution >= 0.6 is 0 Å². The third-order valence-corrected chi connectivity index (χ3v) is 4.08. The van der Waals surface area contributed by atoms with Gasteiger partial charge < -0.3 is 0 Å². The SMILES string of the molecule is [CH2]c1ccccc1-c1cc2ccccc2c2ccccc12. The van der Waals surface area contributed by atoms with Crippen LogP contribution in [0.2, 0.25) is 0 Å². The molecule has 0 fully saturated rings. The first kappa shape index (κ1) is 12.2. The smallest absolute Gasteiger partial charge is 0.00963 e. The Morgan fingerprint density at radius 3 is 1.95 bits per heavy atom. The zero-order valence-electron chi connectivity index (χ0n) is 11.7. The van der Waals surface area contributed by atoms with Gasteiger partial charge in [-0.3, -0.25) is 0 Å². The molecule has 0 amide bonds. The average molecular weight is 267 g/mol. The molecule has 0 aliphatic carbocycles. The molecule has 0 atom stereocenters. The lowest BCUT2D eigenvalue weighted by Crippen LogP contribution is -1.86. The molecule has 99 valence electrons. The fourth-order valence-corrected chi connectivity index (χ4v) is 3.06. The predicted octanol–water partition coefficient (Wildman–Crippen LogP) is 5.84. The van der Waals surface area contributed by atoms with Crippen LogP contribution in [0.15, 0.2) is 78.9 Å². The second kappa shape index (κ2) is 4.75. The largest absolute Gasteiger partial charge is 0.0620 e. The Labute approximate surface area is 124 Å². The molecule has 0 saturated heterocycles. The molecule has 0 aromatic heterocycles. The van der Waals surface area contributed by atoms with E-state index < -0.39 is 0 Å². The summed E-state index contributed by atoms with van der Waals surface area (Å²) in [5.41, 5.74) is 3.53. The predicted molar refractivity (Wildman–Crippen MR) is 91.3 cm³/mol. The van der Waals surface area contributed by atoms with Gasteiger partial charge in [0.25, 0.3) is 0 Å². The van der Waals surface area contributed by atoms with Gasteiger partial charge in [0.15, 0.2) is 0 Å². The van der Waals surface area contributed by atoms with Crippen molar-refractivity contribution < 1.29 is 0 Å². The highest BCUT2D eigenvalue weighted by atomic mass is 14.1. The molecule has 0 spiro atoms. The highest BCUT2D eigenvalue weighted by Crippen LogP contribution is 2.35. The third-order valence-electron chi connectivity index (χ3n) is 4.08. The molecule has 0 unspecified atom stereocenters. The maximum absolute atomic E-state index is 4.18. The Hall–Kier alpha value is -2.60. The normalized spacial score (nSPS) is 11.1. The van der Waals surface area contributed by atoms with E-state index in [1.54, 1.807) is 0 Å². The monoisotopic (exact) mass is 267 g/mol. The average Bonchev–Trinajstić information content (AvgIpc) is 2.55. The van der Waals surface area contributed by atoms with Gasteiger partial charge in [0, 0.05) is 0 Å². The highest BCUT2D eigenvalue weighted by molar-refractivity contribution is 6.13. The van der Waals surface area contributed by atoms with Crippen molar-refractivity contribution in [2.24, 2.45) is 0 Å². The zero-order valence-corrected chi connectivity index (χ0v) is 11.7. The lowest BCUT2D eigenvalue weighted by atomic mass is 9.91. The summed E-state index contributed by atoms with van der Waals surface area (Å²) >= 11 is 0. The minimum atomic E-state index is 1.07. The summed E-state index contributed by atoms with van der Waals surface area (Å²) in [6, 6.07) is 27.8. The Kier molecular flexibility index (Phi) is 2.75. The van der Waals surface area contributed by atoms with E-state index >= 15 is 0 Å². The van der Waals surface area contributed by atoms with E-state index in [2.05, 4.69) is 79.7 Å². The van der Waals surface area contributed by atoms with E-state index in [1.165, 1.54) is 32.7 Å². The van der Waals surface area contributed by atoms with Gasteiger partial charge in [0.1, 0.15) is 0 Å². The first-order chi connectivity index (χ1) is 10.3. The summed E-state index contributed by atoms with van der Waals surface area (Å²) in [6.07, 6.45) is 0. The fraction of sp³-hybridized carbons (Fsp3) is 0. The van der Waals surface area contributed by atoms with E-state index in [9.17, 15) is 0 Å². The summed E-state index contributed by atoms with van der Waals surface area (Å²) in [7, 11) is 0. The molecule has 0 heterocycles. The Morgan fingerprint density at radius 2 is 1.14 bits per heavy atom. The van der Waals surface area contributed by atoms with Gasteiger partial charge in [-0.1, -0.05) is 72.8 Å². The van der Waals surface area contributed by atoms with Crippen LogP contribution in [0.25, 0.3) is 32.7 Å². The molecular formula is C21H15. The Morgan fingerprint density at radius 1 is 0.524 bits per heavy atom. The second-order valence-electron chi connectivity index (χ2n) is 5.35. The minimum Gasteiger partial charge on any atom is -0.0620 e. The zero-order chi connectivity index (χ0) is 14.2. The quantitative estimate of drug-likeness (QED) is 0.380. The maximum Gasteiger partial charge on any atom is -0.00963 e. The van der Waals surface area contributed by atoms with Crippen LogP contribution in [-0.2, 0) is 0 Å². The lowest BCUT2D eigenvalue weighted by Gasteiger charge is -2.12. The third kappa shape index (κ3) is 1.92. The standard InChI is InChI=1S/C21H15/c1-15-8-2-4-10-17(15)21-14-16-9-3-5-11-18(16)19-12-6-7-13-20(19)21/h2-14H,1H2. The second-order valence-corrected chi connectivity index (χ2v) is 5.35. The van der Waals surface area contributed by atoms with Crippen molar-refractivity contribution in [3.05, 3.63) is 91.3 Å². The summed E-state index contributed by atoms with van der Waals surface area (Å²) in [5.74, 6) is 0. The molecular weight excluding hydrogens is 252 g/mol. The molecule has 0 saturated carbocycles. The summed E-state index contributed by atoms with van der Waals surface area (Å²) in [4.78, 5) is 0. The molecule has 0 N–H and O–H groups in total. The number of fused-ring (bicyclic) bond motifs is 3. The van der Waals surface area contributed by atoms with E-state index in [-0.39, 0.29) is 0 Å². The molecule has 0 aliphatic rings. The molecule has 4 aromatic rings. The number of rotatable bonds is 1. The molecule has 0 heteroatoms. The van der Waals surface area contributed by atoms with Gasteiger partial charge in [-0.05, 0) is 51.2 Å². The molecule has 4 aromatic carbocycles. The van der Waals surface area contributed by atoms with Gasteiger partial charge in [-0.2, -0.15) is 0 Å². The molecule has 4 rings (SSSR count). The molecule has 1 radical (unpaired) electrons. The fourth-order valence-electron chi connectivity index (χ4n) is 3.06. The van der Waals surface area contributed by atoms with Crippen molar-refractivity contribution in [3.63, 3.8) is 0 Å². The Bertz CT molecular complexity index is 948. The molecule has 0 nitrogen and oxygen atoms in total. The number of hydrogen-bond acceptors (Lipinski definition) is 0. The van der Waals surface area contributed by atoms with Crippen LogP contribution in [0.4, 0.5) is 0 Å². The molecule has 0 bridgehead atoms. The van der Waals surface area contributed by atoms with Crippen molar-refractivity contribution in [1.82, 2.24) is 0 Å². The number of hydrogen-bond donors (Lipinski definition) is 0.